The lowest BCUT2D eigenvalue weighted by Gasteiger charge is -2.23. The lowest BCUT2D eigenvalue weighted by atomic mass is 9.98. The van der Waals surface area contributed by atoms with Gasteiger partial charge in [0.1, 0.15) is 0 Å². The van der Waals surface area contributed by atoms with Gasteiger partial charge in [0, 0.05) is 18.5 Å². The second-order valence-corrected chi connectivity index (χ2v) is 5.01. The standard InChI is InChI=1S/C13H18N2S/c1-15(11-7-8-11)9-12(13(14)16)10-5-3-2-4-6-10/h2-6,11-12H,7-9H2,1H3,(H2,14,16). The number of hydrogen-bond donors (Lipinski definition) is 1. The minimum atomic E-state index is 0.182. The molecule has 1 aliphatic rings. The molecule has 3 heteroatoms. The summed E-state index contributed by atoms with van der Waals surface area (Å²) < 4.78 is 0. The molecule has 0 amide bonds. The van der Waals surface area contributed by atoms with Crippen LogP contribution in [0.5, 0.6) is 0 Å². The predicted octanol–water partition coefficient (Wildman–Crippen LogP) is 2.15. The maximum atomic E-state index is 5.84. The van der Waals surface area contributed by atoms with Crippen molar-refractivity contribution in [3.8, 4) is 0 Å². The Morgan fingerprint density at radius 1 is 1.44 bits per heavy atom. The van der Waals surface area contributed by atoms with Crippen LogP contribution in [0.4, 0.5) is 0 Å². The Labute approximate surface area is 102 Å². The highest BCUT2D eigenvalue weighted by Crippen LogP contribution is 2.28. The fraction of sp³-hybridized carbons (Fsp3) is 0.462. The molecule has 1 aromatic rings. The summed E-state index contributed by atoms with van der Waals surface area (Å²) in [5.74, 6) is 0.182. The molecule has 0 heterocycles. The van der Waals surface area contributed by atoms with Gasteiger partial charge in [0.05, 0.1) is 4.99 Å². The molecule has 0 saturated heterocycles. The molecule has 0 spiro atoms. The van der Waals surface area contributed by atoms with Gasteiger partial charge in [-0.1, -0.05) is 42.5 Å². The van der Waals surface area contributed by atoms with Gasteiger partial charge < -0.3 is 10.6 Å². The topological polar surface area (TPSA) is 29.3 Å². The Kier molecular flexibility index (Phi) is 3.56. The van der Waals surface area contributed by atoms with E-state index in [-0.39, 0.29) is 5.92 Å². The average Bonchev–Trinajstić information content (AvgIpc) is 3.10. The van der Waals surface area contributed by atoms with E-state index in [9.17, 15) is 0 Å². The molecule has 1 fully saturated rings. The Balaban J connectivity index is 2.08. The van der Waals surface area contributed by atoms with E-state index in [4.69, 9.17) is 18.0 Å². The molecule has 16 heavy (non-hydrogen) atoms. The van der Waals surface area contributed by atoms with Crippen LogP contribution in [0, 0.1) is 0 Å². The van der Waals surface area contributed by atoms with Gasteiger partial charge >= 0.3 is 0 Å². The van der Waals surface area contributed by atoms with E-state index >= 15 is 0 Å². The van der Waals surface area contributed by atoms with Crippen molar-refractivity contribution in [3.63, 3.8) is 0 Å². The first-order valence-corrected chi connectivity index (χ1v) is 6.14. The molecule has 2 N–H and O–H groups in total. The van der Waals surface area contributed by atoms with Gasteiger partial charge in [0.25, 0.3) is 0 Å². The Morgan fingerprint density at radius 3 is 2.56 bits per heavy atom. The van der Waals surface area contributed by atoms with E-state index in [1.165, 1.54) is 18.4 Å². The van der Waals surface area contributed by atoms with Gasteiger partial charge in [-0.3, -0.25) is 0 Å². The molecular weight excluding hydrogens is 216 g/mol. The number of likely N-dealkylation sites (N-methyl/N-ethyl adjacent to an activating group) is 1. The first-order valence-electron chi connectivity index (χ1n) is 5.73. The van der Waals surface area contributed by atoms with Gasteiger partial charge in [-0.25, -0.2) is 0 Å². The number of thiocarbonyl (C=S) groups is 1. The predicted molar refractivity (Wildman–Crippen MR) is 71.6 cm³/mol. The van der Waals surface area contributed by atoms with Crippen LogP contribution in [0.1, 0.15) is 24.3 Å². The van der Waals surface area contributed by atoms with Crippen molar-refractivity contribution in [2.45, 2.75) is 24.8 Å². The molecule has 1 aliphatic carbocycles. The van der Waals surface area contributed by atoms with Gasteiger partial charge in [0.2, 0.25) is 0 Å². The van der Waals surface area contributed by atoms with Crippen LogP contribution in [-0.2, 0) is 0 Å². The molecule has 0 radical (unpaired) electrons. The van der Waals surface area contributed by atoms with Crippen LogP contribution >= 0.6 is 12.2 Å². The van der Waals surface area contributed by atoms with Crippen LogP contribution in [0.25, 0.3) is 0 Å². The van der Waals surface area contributed by atoms with E-state index in [0.717, 1.165) is 12.6 Å². The van der Waals surface area contributed by atoms with Gasteiger partial charge in [0.15, 0.2) is 0 Å². The monoisotopic (exact) mass is 234 g/mol. The third kappa shape index (κ3) is 2.80. The van der Waals surface area contributed by atoms with Crippen LogP contribution < -0.4 is 5.73 Å². The molecule has 1 aromatic carbocycles. The second-order valence-electron chi connectivity index (χ2n) is 4.54. The highest BCUT2D eigenvalue weighted by molar-refractivity contribution is 7.80. The Hall–Kier alpha value is -0.930. The maximum Gasteiger partial charge on any atom is 0.0816 e. The fourth-order valence-corrected chi connectivity index (χ4v) is 2.21. The number of benzene rings is 1. The number of rotatable bonds is 5. The van der Waals surface area contributed by atoms with Crippen molar-refractivity contribution in [2.75, 3.05) is 13.6 Å². The highest BCUT2D eigenvalue weighted by Gasteiger charge is 2.28. The molecule has 0 aliphatic heterocycles. The van der Waals surface area contributed by atoms with Crippen molar-refractivity contribution < 1.29 is 0 Å². The Bertz CT molecular complexity index is 359. The summed E-state index contributed by atoms with van der Waals surface area (Å²) in [6.07, 6.45) is 2.63. The smallest absolute Gasteiger partial charge is 0.0816 e. The zero-order chi connectivity index (χ0) is 11.5. The van der Waals surface area contributed by atoms with E-state index < -0.39 is 0 Å². The summed E-state index contributed by atoms with van der Waals surface area (Å²) >= 11 is 5.18. The molecule has 86 valence electrons. The molecule has 1 saturated carbocycles. The number of hydrogen-bond acceptors (Lipinski definition) is 2. The number of nitrogens with zero attached hydrogens (tertiary/aromatic N) is 1. The Morgan fingerprint density at radius 2 is 2.06 bits per heavy atom. The largest absolute Gasteiger partial charge is 0.393 e. The van der Waals surface area contributed by atoms with Gasteiger partial charge in [-0.15, -0.1) is 0 Å². The van der Waals surface area contributed by atoms with Crippen molar-refractivity contribution in [2.24, 2.45) is 5.73 Å². The first-order chi connectivity index (χ1) is 7.68. The molecule has 1 unspecified atom stereocenters. The van der Waals surface area contributed by atoms with Crippen molar-refractivity contribution in [3.05, 3.63) is 35.9 Å². The van der Waals surface area contributed by atoms with E-state index in [1.54, 1.807) is 0 Å². The minimum Gasteiger partial charge on any atom is -0.393 e. The van der Waals surface area contributed by atoms with Gasteiger partial charge in [-0.05, 0) is 25.5 Å². The third-order valence-electron chi connectivity index (χ3n) is 3.19. The van der Waals surface area contributed by atoms with E-state index in [0.29, 0.717) is 4.99 Å². The maximum absolute atomic E-state index is 5.84. The normalized spacial score (nSPS) is 17.4. The zero-order valence-corrected chi connectivity index (χ0v) is 10.4. The molecule has 0 aromatic heterocycles. The summed E-state index contributed by atoms with van der Waals surface area (Å²) in [7, 11) is 2.16. The average molecular weight is 234 g/mol. The van der Waals surface area contributed by atoms with E-state index in [2.05, 4.69) is 24.1 Å². The second kappa shape index (κ2) is 4.93. The van der Waals surface area contributed by atoms with Gasteiger partial charge in [-0.2, -0.15) is 0 Å². The summed E-state index contributed by atoms with van der Waals surface area (Å²) in [5, 5.41) is 0. The lowest BCUT2D eigenvalue weighted by molar-refractivity contribution is 0.321. The summed E-state index contributed by atoms with van der Waals surface area (Å²) in [6, 6.07) is 11.1. The van der Waals surface area contributed by atoms with Crippen LogP contribution in [-0.4, -0.2) is 29.5 Å². The third-order valence-corrected chi connectivity index (χ3v) is 3.47. The van der Waals surface area contributed by atoms with Crippen molar-refractivity contribution in [1.82, 2.24) is 4.90 Å². The van der Waals surface area contributed by atoms with Crippen LogP contribution in [0.3, 0.4) is 0 Å². The molecule has 0 bridgehead atoms. The highest BCUT2D eigenvalue weighted by atomic mass is 32.1. The van der Waals surface area contributed by atoms with Crippen molar-refractivity contribution in [1.29, 1.82) is 0 Å². The lowest BCUT2D eigenvalue weighted by Crippen LogP contribution is -2.32. The molecule has 2 nitrogen and oxygen atoms in total. The zero-order valence-electron chi connectivity index (χ0n) is 9.60. The molecule has 1 atom stereocenters. The number of nitrogens with two attached hydrogens (primary N) is 1. The summed E-state index contributed by atoms with van der Waals surface area (Å²) in [5.41, 5.74) is 7.07. The quantitative estimate of drug-likeness (QED) is 0.792. The van der Waals surface area contributed by atoms with Crippen LogP contribution in [0.2, 0.25) is 0 Å². The summed E-state index contributed by atoms with van der Waals surface area (Å²) in [6.45, 7) is 0.935. The molecule has 2 rings (SSSR count). The molecular formula is C13H18N2S. The minimum absolute atomic E-state index is 0.182. The van der Waals surface area contributed by atoms with Crippen LogP contribution in [0.15, 0.2) is 30.3 Å². The van der Waals surface area contributed by atoms with Crippen molar-refractivity contribution >= 4 is 17.2 Å². The van der Waals surface area contributed by atoms with E-state index in [1.807, 2.05) is 18.2 Å². The SMILES string of the molecule is CN(CC(C(N)=S)c1ccccc1)C1CC1. The summed E-state index contributed by atoms with van der Waals surface area (Å²) in [4.78, 5) is 2.97. The first kappa shape index (κ1) is 11.6. The fourth-order valence-electron chi connectivity index (χ4n) is 2.00.